The number of nitrogens with one attached hydrogen (secondary N) is 2. The number of hydrogen-bond donors (Lipinski definition) is 2. The summed E-state index contributed by atoms with van der Waals surface area (Å²) in [6.45, 7) is 5.24. The molecule has 3 aromatic rings. The van der Waals surface area contributed by atoms with Crippen LogP contribution in [0.25, 0.3) is 11.0 Å². The van der Waals surface area contributed by atoms with Gasteiger partial charge in [-0.15, -0.1) is 0 Å². The fourth-order valence-electron chi connectivity index (χ4n) is 3.83. The Labute approximate surface area is 159 Å². The third kappa shape index (κ3) is 4.22. The summed E-state index contributed by atoms with van der Waals surface area (Å²) in [4.78, 5) is 22.9. The van der Waals surface area contributed by atoms with Crippen molar-refractivity contribution in [3.8, 4) is 0 Å². The highest BCUT2D eigenvalue weighted by Crippen LogP contribution is 2.19. The van der Waals surface area contributed by atoms with Gasteiger partial charge in [0.15, 0.2) is 0 Å². The number of para-hydroxylation sites is 1. The fraction of sp³-hybridized carbons (Fsp3) is 0.429. The van der Waals surface area contributed by atoms with E-state index in [0.717, 1.165) is 60.7 Å². The zero-order valence-corrected chi connectivity index (χ0v) is 15.7. The smallest absolute Gasteiger partial charge is 0.224 e. The minimum absolute atomic E-state index is 0.0478. The summed E-state index contributed by atoms with van der Waals surface area (Å²) in [5.74, 6) is 2.07. The molecule has 1 unspecified atom stereocenters. The number of furan rings is 1. The average molecular weight is 366 g/mol. The standard InChI is InChI=1S/C21H26N4O2/c1-15-5-2-8-18-20(15)24-19(23-18)9-10-22-21(26)16-6-3-11-25(13-16)14-17-7-4-12-27-17/h2,4-5,7-8,12,16H,3,6,9-11,13-14H2,1H3,(H,22,26)(H,23,24). The maximum Gasteiger partial charge on any atom is 0.224 e. The van der Waals surface area contributed by atoms with E-state index >= 15 is 0 Å². The second-order valence-corrected chi connectivity index (χ2v) is 7.35. The van der Waals surface area contributed by atoms with Crippen LogP contribution in [0.2, 0.25) is 0 Å². The van der Waals surface area contributed by atoms with Crippen molar-refractivity contribution in [1.29, 1.82) is 0 Å². The summed E-state index contributed by atoms with van der Waals surface area (Å²) in [5.41, 5.74) is 3.23. The number of benzene rings is 1. The fourth-order valence-corrected chi connectivity index (χ4v) is 3.83. The van der Waals surface area contributed by atoms with Crippen molar-refractivity contribution in [2.24, 2.45) is 5.92 Å². The van der Waals surface area contributed by atoms with E-state index in [-0.39, 0.29) is 11.8 Å². The molecule has 6 nitrogen and oxygen atoms in total. The maximum absolute atomic E-state index is 12.6. The Balaban J connectivity index is 1.27. The van der Waals surface area contributed by atoms with E-state index in [9.17, 15) is 4.79 Å². The van der Waals surface area contributed by atoms with E-state index < -0.39 is 0 Å². The Morgan fingerprint density at radius 3 is 3.11 bits per heavy atom. The van der Waals surface area contributed by atoms with E-state index in [2.05, 4.69) is 33.2 Å². The first kappa shape index (κ1) is 17.8. The molecule has 1 amide bonds. The number of likely N-dealkylation sites (tertiary alicyclic amines) is 1. The molecular formula is C21H26N4O2. The topological polar surface area (TPSA) is 74.2 Å². The predicted octanol–water partition coefficient (Wildman–Crippen LogP) is 3.04. The zero-order valence-electron chi connectivity index (χ0n) is 15.7. The molecule has 0 aliphatic carbocycles. The van der Waals surface area contributed by atoms with Crippen molar-refractivity contribution in [3.63, 3.8) is 0 Å². The number of rotatable bonds is 6. The van der Waals surface area contributed by atoms with Gasteiger partial charge in [0, 0.05) is 19.5 Å². The van der Waals surface area contributed by atoms with Crippen molar-refractivity contribution in [3.05, 3.63) is 53.7 Å². The first-order valence-electron chi connectivity index (χ1n) is 9.66. The second kappa shape index (κ2) is 7.96. The summed E-state index contributed by atoms with van der Waals surface area (Å²) in [7, 11) is 0. The van der Waals surface area contributed by atoms with Crippen LogP contribution in [0.3, 0.4) is 0 Å². The van der Waals surface area contributed by atoms with Crippen LogP contribution in [-0.4, -0.2) is 40.4 Å². The molecule has 6 heteroatoms. The summed E-state index contributed by atoms with van der Waals surface area (Å²) in [5, 5.41) is 3.09. The number of carbonyl (C=O) groups excluding carboxylic acids is 1. The van der Waals surface area contributed by atoms with E-state index in [0.29, 0.717) is 13.0 Å². The molecule has 1 saturated heterocycles. The highest BCUT2D eigenvalue weighted by Gasteiger charge is 2.26. The second-order valence-electron chi connectivity index (χ2n) is 7.35. The molecule has 0 spiro atoms. The lowest BCUT2D eigenvalue weighted by molar-refractivity contribution is -0.126. The highest BCUT2D eigenvalue weighted by atomic mass is 16.3. The van der Waals surface area contributed by atoms with Crippen molar-refractivity contribution in [2.45, 2.75) is 32.7 Å². The number of hydrogen-bond acceptors (Lipinski definition) is 4. The molecule has 27 heavy (non-hydrogen) atoms. The van der Waals surface area contributed by atoms with E-state index in [4.69, 9.17) is 4.42 Å². The van der Waals surface area contributed by atoms with Gasteiger partial charge in [-0.2, -0.15) is 0 Å². The lowest BCUT2D eigenvalue weighted by Gasteiger charge is -2.31. The number of aryl methyl sites for hydroxylation is 1. The Bertz CT molecular complexity index is 900. The number of piperidine rings is 1. The number of fused-ring (bicyclic) bond motifs is 1. The average Bonchev–Trinajstić information content (AvgIpc) is 3.32. The summed E-state index contributed by atoms with van der Waals surface area (Å²) in [6, 6.07) is 10.0. The minimum Gasteiger partial charge on any atom is -0.468 e. The number of aromatic nitrogens is 2. The Morgan fingerprint density at radius 2 is 2.30 bits per heavy atom. The first-order valence-corrected chi connectivity index (χ1v) is 9.66. The van der Waals surface area contributed by atoms with Gasteiger partial charge in [-0.05, 0) is 50.1 Å². The van der Waals surface area contributed by atoms with Crippen LogP contribution >= 0.6 is 0 Å². The number of imidazole rings is 1. The highest BCUT2D eigenvalue weighted by molar-refractivity contribution is 5.79. The molecule has 1 aliphatic heterocycles. The van der Waals surface area contributed by atoms with Crippen molar-refractivity contribution >= 4 is 16.9 Å². The van der Waals surface area contributed by atoms with Crippen LogP contribution in [0, 0.1) is 12.8 Å². The number of carbonyl (C=O) groups is 1. The molecular weight excluding hydrogens is 340 g/mol. The maximum atomic E-state index is 12.6. The van der Waals surface area contributed by atoms with Crippen LogP contribution in [0.15, 0.2) is 41.0 Å². The molecule has 2 aromatic heterocycles. The predicted molar refractivity (Wildman–Crippen MR) is 104 cm³/mol. The normalized spacial score (nSPS) is 18.0. The van der Waals surface area contributed by atoms with Crippen LogP contribution in [-0.2, 0) is 17.8 Å². The number of amides is 1. The third-order valence-electron chi connectivity index (χ3n) is 5.26. The SMILES string of the molecule is Cc1cccc2[nH]c(CCNC(=O)C3CCCN(Cc4ccco4)C3)nc12. The van der Waals surface area contributed by atoms with E-state index in [1.165, 1.54) is 0 Å². The van der Waals surface area contributed by atoms with Gasteiger partial charge in [0.1, 0.15) is 11.6 Å². The van der Waals surface area contributed by atoms with Gasteiger partial charge in [0.05, 0.1) is 29.8 Å². The number of nitrogens with zero attached hydrogens (tertiary/aromatic N) is 2. The Kier molecular flexibility index (Phi) is 5.25. The summed E-state index contributed by atoms with van der Waals surface area (Å²) >= 11 is 0. The quantitative estimate of drug-likeness (QED) is 0.703. The van der Waals surface area contributed by atoms with Gasteiger partial charge in [-0.25, -0.2) is 4.98 Å². The molecule has 4 rings (SSSR count). The molecule has 1 aliphatic rings. The van der Waals surface area contributed by atoms with E-state index in [1.54, 1.807) is 6.26 Å². The lowest BCUT2D eigenvalue weighted by Crippen LogP contribution is -2.43. The first-order chi connectivity index (χ1) is 13.2. The van der Waals surface area contributed by atoms with Gasteiger partial charge < -0.3 is 14.7 Å². The zero-order chi connectivity index (χ0) is 18.6. The molecule has 142 valence electrons. The molecule has 0 radical (unpaired) electrons. The molecule has 1 aromatic carbocycles. The van der Waals surface area contributed by atoms with Crippen LogP contribution in [0.4, 0.5) is 0 Å². The van der Waals surface area contributed by atoms with Gasteiger partial charge in [-0.1, -0.05) is 12.1 Å². The van der Waals surface area contributed by atoms with Gasteiger partial charge >= 0.3 is 0 Å². The molecule has 1 fully saturated rings. The minimum atomic E-state index is 0.0478. The summed E-state index contributed by atoms with van der Waals surface area (Å²) < 4.78 is 5.43. The Hall–Kier alpha value is -2.60. The van der Waals surface area contributed by atoms with E-state index in [1.807, 2.05) is 24.3 Å². The van der Waals surface area contributed by atoms with Gasteiger partial charge in [0.2, 0.25) is 5.91 Å². The van der Waals surface area contributed by atoms with Crippen molar-refractivity contribution < 1.29 is 9.21 Å². The summed E-state index contributed by atoms with van der Waals surface area (Å²) in [6.07, 6.45) is 4.40. The number of aromatic amines is 1. The van der Waals surface area contributed by atoms with Crippen LogP contribution < -0.4 is 5.32 Å². The molecule has 0 saturated carbocycles. The number of H-pyrrole nitrogens is 1. The van der Waals surface area contributed by atoms with Crippen LogP contribution in [0.5, 0.6) is 0 Å². The van der Waals surface area contributed by atoms with Gasteiger partial charge in [-0.3, -0.25) is 9.69 Å². The van der Waals surface area contributed by atoms with Gasteiger partial charge in [0.25, 0.3) is 0 Å². The molecule has 1 atom stereocenters. The third-order valence-corrected chi connectivity index (χ3v) is 5.26. The largest absolute Gasteiger partial charge is 0.468 e. The van der Waals surface area contributed by atoms with Crippen molar-refractivity contribution in [1.82, 2.24) is 20.2 Å². The van der Waals surface area contributed by atoms with Crippen LogP contribution in [0.1, 0.15) is 30.0 Å². The molecule has 2 N–H and O–H groups in total. The Morgan fingerprint density at radius 1 is 1.37 bits per heavy atom. The monoisotopic (exact) mass is 366 g/mol. The molecule has 3 heterocycles. The lowest BCUT2D eigenvalue weighted by atomic mass is 9.97. The van der Waals surface area contributed by atoms with Crippen molar-refractivity contribution in [2.75, 3.05) is 19.6 Å². The molecule has 0 bridgehead atoms.